The minimum atomic E-state index is -0.0850. The normalized spacial score (nSPS) is 10.4. The van der Waals surface area contributed by atoms with Gasteiger partial charge in [-0.3, -0.25) is 9.78 Å². The molecule has 1 N–H and O–H groups in total. The zero-order chi connectivity index (χ0) is 20.6. The number of amides is 1. The van der Waals surface area contributed by atoms with Gasteiger partial charge in [-0.1, -0.05) is 48.5 Å². The number of para-hydroxylation sites is 1. The molecule has 5 heteroatoms. The van der Waals surface area contributed by atoms with E-state index in [1.54, 1.807) is 23.5 Å². The number of benzene rings is 2. The first kappa shape index (κ1) is 19.3. The fourth-order valence-corrected chi connectivity index (χ4v) is 3.13. The van der Waals surface area contributed by atoms with Crippen LogP contribution < -0.4 is 10.2 Å². The van der Waals surface area contributed by atoms with Crippen LogP contribution in [0.2, 0.25) is 0 Å². The van der Waals surface area contributed by atoms with E-state index in [2.05, 4.69) is 15.3 Å². The van der Waals surface area contributed by atoms with Crippen molar-refractivity contribution in [2.24, 2.45) is 0 Å². The van der Waals surface area contributed by atoms with Crippen LogP contribution in [0.5, 0.6) is 0 Å². The SMILES string of the molecule is O=C(c1ccc(NCc2ccncc2)nc1)N(Cc1ccccc1)c1ccccc1. The van der Waals surface area contributed by atoms with Gasteiger partial charge < -0.3 is 10.2 Å². The van der Waals surface area contributed by atoms with Crippen molar-refractivity contribution in [1.82, 2.24) is 9.97 Å². The lowest BCUT2D eigenvalue weighted by molar-refractivity contribution is 0.0985. The van der Waals surface area contributed by atoms with E-state index >= 15 is 0 Å². The Morgan fingerprint density at radius 1 is 0.800 bits per heavy atom. The van der Waals surface area contributed by atoms with E-state index in [0.717, 1.165) is 22.6 Å². The van der Waals surface area contributed by atoms with Crippen molar-refractivity contribution in [2.45, 2.75) is 13.1 Å². The van der Waals surface area contributed by atoms with Gasteiger partial charge in [0, 0.05) is 30.8 Å². The van der Waals surface area contributed by atoms with Gasteiger partial charge >= 0.3 is 0 Å². The molecule has 1 amide bonds. The number of anilines is 2. The summed E-state index contributed by atoms with van der Waals surface area (Å²) in [5.74, 6) is 0.635. The largest absolute Gasteiger partial charge is 0.366 e. The molecular weight excluding hydrogens is 372 g/mol. The molecule has 4 aromatic rings. The zero-order valence-corrected chi connectivity index (χ0v) is 16.5. The molecule has 0 aliphatic heterocycles. The van der Waals surface area contributed by atoms with Gasteiger partial charge in [0.05, 0.1) is 12.1 Å². The lowest BCUT2D eigenvalue weighted by atomic mass is 10.1. The van der Waals surface area contributed by atoms with Gasteiger partial charge in [0.1, 0.15) is 5.82 Å². The number of rotatable bonds is 7. The Labute approximate surface area is 176 Å². The minimum Gasteiger partial charge on any atom is -0.366 e. The average Bonchev–Trinajstić information content (AvgIpc) is 2.83. The summed E-state index contributed by atoms with van der Waals surface area (Å²) in [7, 11) is 0. The molecule has 2 aromatic heterocycles. The monoisotopic (exact) mass is 394 g/mol. The van der Waals surface area contributed by atoms with Gasteiger partial charge in [-0.05, 0) is 47.5 Å². The molecule has 5 nitrogen and oxygen atoms in total. The number of hydrogen-bond donors (Lipinski definition) is 1. The summed E-state index contributed by atoms with van der Waals surface area (Å²) >= 11 is 0. The van der Waals surface area contributed by atoms with Gasteiger partial charge in [-0.15, -0.1) is 0 Å². The van der Waals surface area contributed by atoms with Crippen molar-refractivity contribution in [3.63, 3.8) is 0 Å². The molecule has 30 heavy (non-hydrogen) atoms. The van der Waals surface area contributed by atoms with Crippen LogP contribution in [0.1, 0.15) is 21.5 Å². The second-order valence-corrected chi connectivity index (χ2v) is 6.85. The maximum Gasteiger partial charge on any atom is 0.260 e. The lowest BCUT2D eigenvalue weighted by Gasteiger charge is -2.23. The third-order valence-corrected chi connectivity index (χ3v) is 4.73. The number of nitrogens with one attached hydrogen (secondary N) is 1. The first-order valence-corrected chi connectivity index (χ1v) is 9.79. The predicted octanol–water partition coefficient (Wildman–Crippen LogP) is 4.94. The zero-order valence-electron chi connectivity index (χ0n) is 16.5. The number of pyridine rings is 2. The van der Waals surface area contributed by atoms with Crippen LogP contribution in [0.25, 0.3) is 0 Å². The molecule has 2 aromatic carbocycles. The molecule has 0 spiro atoms. The second kappa shape index (κ2) is 9.47. The maximum atomic E-state index is 13.3. The Morgan fingerprint density at radius 3 is 2.17 bits per heavy atom. The van der Waals surface area contributed by atoms with Crippen molar-refractivity contribution in [1.29, 1.82) is 0 Å². The molecule has 0 radical (unpaired) electrons. The second-order valence-electron chi connectivity index (χ2n) is 6.85. The fourth-order valence-electron chi connectivity index (χ4n) is 3.13. The number of carbonyl (C=O) groups excluding carboxylic acids is 1. The van der Waals surface area contributed by atoms with Crippen LogP contribution in [0.15, 0.2) is 104 Å². The van der Waals surface area contributed by atoms with E-state index < -0.39 is 0 Å². The van der Waals surface area contributed by atoms with Crippen molar-refractivity contribution in [2.75, 3.05) is 10.2 Å². The van der Waals surface area contributed by atoms with Crippen LogP contribution in [0, 0.1) is 0 Å². The quantitative estimate of drug-likeness (QED) is 0.483. The van der Waals surface area contributed by atoms with Crippen LogP contribution in [-0.2, 0) is 13.1 Å². The summed E-state index contributed by atoms with van der Waals surface area (Å²) in [5.41, 5.74) is 3.58. The smallest absolute Gasteiger partial charge is 0.260 e. The van der Waals surface area contributed by atoms with E-state index in [4.69, 9.17) is 0 Å². The van der Waals surface area contributed by atoms with Gasteiger partial charge in [0.15, 0.2) is 0 Å². The van der Waals surface area contributed by atoms with E-state index in [-0.39, 0.29) is 5.91 Å². The third-order valence-electron chi connectivity index (χ3n) is 4.73. The number of carbonyl (C=O) groups is 1. The lowest BCUT2D eigenvalue weighted by Crippen LogP contribution is -2.30. The molecule has 0 saturated carbocycles. The van der Waals surface area contributed by atoms with Crippen LogP contribution >= 0.6 is 0 Å². The van der Waals surface area contributed by atoms with Crippen LogP contribution in [0.3, 0.4) is 0 Å². The summed E-state index contributed by atoms with van der Waals surface area (Å²) in [6.07, 6.45) is 5.15. The standard InChI is InChI=1S/C25H22N4O/c30-25(22-11-12-24(28-18-22)27-17-20-13-15-26-16-14-20)29(23-9-5-2-6-10-23)19-21-7-3-1-4-8-21/h1-16,18H,17,19H2,(H,27,28). The number of nitrogens with zero attached hydrogens (tertiary/aromatic N) is 3. The molecule has 0 saturated heterocycles. The van der Waals surface area contributed by atoms with Crippen molar-refractivity contribution in [3.8, 4) is 0 Å². The molecule has 0 aliphatic rings. The van der Waals surface area contributed by atoms with Crippen LogP contribution in [-0.4, -0.2) is 15.9 Å². The highest BCUT2D eigenvalue weighted by Gasteiger charge is 2.18. The minimum absolute atomic E-state index is 0.0850. The highest BCUT2D eigenvalue weighted by Crippen LogP contribution is 2.20. The highest BCUT2D eigenvalue weighted by atomic mass is 16.2. The summed E-state index contributed by atoms with van der Waals surface area (Å²) in [6, 6.07) is 27.2. The molecule has 0 unspecified atom stereocenters. The first-order valence-electron chi connectivity index (χ1n) is 9.79. The van der Waals surface area contributed by atoms with Gasteiger partial charge in [-0.2, -0.15) is 0 Å². The Bertz CT molecular complexity index is 1070. The molecule has 0 bridgehead atoms. The molecule has 2 heterocycles. The Morgan fingerprint density at radius 2 is 1.50 bits per heavy atom. The van der Waals surface area contributed by atoms with E-state index in [0.29, 0.717) is 18.7 Å². The maximum absolute atomic E-state index is 13.3. The first-order chi connectivity index (χ1) is 14.8. The van der Waals surface area contributed by atoms with E-state index in [1.165, 1.54) is 0 Å². The van der Waals surface area contributed by atoms with Crippen molar-refractivity contribution in [3.05, 3.63) is 120 Å². The number of hydrogen-bond acceptors (Lipinski definition) is 4. The van der Waals surface area contributed by atoms with E-state index in [9.17, 15) is 4.79 Å². The Kier molecular flexibility index (Phi) is 6.11. The molecule has 4 rings (SSSR count). The Balaban J connectivity index is 1.51. The average molecular weight is 394 g/mol. The van der Waals surface area contributed by atoms with Gasteiger partial charge in [0.2, 0.25) is 0 Å². The Hall–Kier alpha value is -3.99. The van der Waals surface area contributed by atoms with E-state index in [1.807, 2.05) is 84.9 Å². The highest BCUT2D eigenvalue weighted by molar-refractivity contribution is 6.05. The molecule has 148 valence electrons. The molecule has 0 aliphatic carbocycles. The summed E-state index contributed by atoms with van der Waals surface area (Å²) in [4.78, 5) is 23.5. The summed E-state index contributed by atoms with van der Waals surface area (Å²) < 4.78 is 0. The van der Waals surface area contributed by atoms with Gasteiger partial charge in [0.25, 0.3) is 5.91 Å². The molecule has 0 fully saturated rings. The predicted molar refractivity (Wildman–Crippen MR) is 119 cm³/mol. The van der Waals surface area contributed by atoms with Crippen LogP contribution in [0.4, 0.5) is 11.5 Å². The summed E-state index contributed by atoms with van der Waals surface area (Å²) in [5, 5.41) is 3.26. The summed E-state index contributed by atoms with van der Waals surface area (Å²) in [6.45, 7) is 1.14. The third kappa shape index (κ3) is 4.89. The van der Waals surface area contributed by atoms with Crippen molar-refractivity contribution < 1.29 is 4.79 Å². The molecule has 0 atom stereocenters. The van der Waals surface area contributed by atoms with Gasteiger partial charge in [-0.25, -0.2) is 4.98 Å². The topological polar surface area (TPSA) is 58.1 Å². The number of aromatic nitrogens is 2. The molecular formula is C25H22N4O. The fraction of sp³-hybridized carbons (Fsp3) is 0.0800. The van der Waals surface area contributed by atoms with Crippen molar-refractivity contribution >= 4 is 17.4 Å².